The summed E-state index contributed by atoms with van der Waals surface area (Å²) >= 11 is 0. The number of guanidine groups is 1. The van der Waals surface area contributed by atoms with E-state index in [-0.39, 0.29) is 42.5 Å². The van der Waals surface area contributed by atoms with Crippen LogP contribution in [-0.4, -0.2) is 86.7 Å². The van der Waals surface area contributed by atoms with Crippen molar-refractivity contribution in [2.75, 3.05) is 46.9 Å². The molecule has 0 aromatic rings. The molecule has 0 aromatic heterocycles. The molecule has 0 aromatic carbocycles. The van der Waals surface area contributed by atoms with Gasteiger partial charge in [0.1, 0.15) is 6.54 Å². The van der Waals surface area contributed by atoms with Crippen molar-refractivity contribution in [2.45, 2.75) is 63.1 Å². The second-order valence-corrected chi connectivity index (χ2v) is 8.01. The molecule has 0 radical (unpaired) electrons. The zero-order chi connectivity index (χ0) is 18.4. The van der Waals surface area contributed by atoms with Crippen LogP contribution in [0.25, 0.3) is 0 Å². The van der Waals surface area contributed by atoms with E-state index in [1.807, 2.05) is 0 Å². The quantitative estimate of drug-likeness (QED) is 0.333. The van der Waals surface area contributed by atoms with E-state index in [1.165, 1.54) is 19.3 Å². The molecule has 7 nitrogen and oxygen atoms in total. The van der Waals surface area contributed by atoms with Crippen LogP contribution in [0.5, 0.6) is 0 Å². The number of nitrogens with zero attached hydrogens (tertiary/aromatic N) is 3. The van der Waals surface area contributed by atoms with Gasteiger partial charge in [-0.3, -0.25) is 4.79 Å². The lowest BCUT2D eigenvalue weighted by Gasteiger charge is -2.33. The summed E-state index contributed by atoms with van der Waals surface area (Å²) in [6, 6.07) is 1.28. The van der Waals surface area contributed by atoms with Crippen LogP contribution in [0.15, 0.2) is 4.99 Å². The Morgan fingerprint density at radius 3 is 2.48 bits per heavy atom. The molecule has 1 aliphatic carbocycles. The van der Waals surface area contributed by atoms with Gasteiger partial charge in [0.25, 0.3) is 0 Å². The fourth-order valence-corrected chi connectivity index (χ4v) is 3.66. The van der Waals surface area contributed by atoms with E-state index < -0.39 is 0 Å². The molecule has 156 valence electrons. The van der Waals surface area contributed by atoms with Crippen molar-refractivity contribution in [1.82, 2.24) is 20.4 Å². The number of hydrogen-bond acceptors (Lipinski definition) is 4. The van der Waals surface area contributed by atoms with Gasteiger partial charge in [-0.1, -0.05) is 0 Å². The summed E-state index contributed by atoms with van der Waals surface area (Å²) in [4.78, 5) is 20.6. The lowest BCUT2D eigenvalue weighted by molar-refractivity contribution is -0.127. The molecule has 1 atom stereocenters. The topological polar surface area (TPSA) is 69.2 Å². The molecule has 0 bridgehead atoms. The Bertz CT molecular complexity index is 484. The zero-order valence-corrected chi connectivity index (χ0v) is 19.1. The van der Waals surface area contributed by atoms with E-state index in [2.05, 4.69) is 20.5 Å². The van der Waals surface area contributed by atoms with Gasteiger partial charge in [-0.2, -0.15) is 0 Å². The number of ether oxygens (including phenoxy) is 1. The van der Waals surface area contributed by atoms with E-state index in [0.717, 1.165) is 63.9 Å². The van der Waals surface area contributed by atoms with Crippen molar-refractivity contribution in [1.29, 1.82) is 0 Å². The average molecular weight is 493 g/mol. The summed E-state index contributed by atoms with van der Waals surface area (Å²) < 4.78 is 5.80. The predicted molar refractivity (Wildman–Crippen MR) is 119 cm³/mol. The monoisotopic (exact) mass is 493 g/mol. The second-order valence-electron chi connectivity index (χ2n) is 8.01. The van der Waals surface area contributed by atoms with Gasteiger partial charge in [-0.15, -0.1) is 24.0 Å². The molecule has 8 heteroatoms. The van der Waals surface area contributed by atoms with E-state index in [0.29, 0.717) is 6.04 Å². The van der Waals surface area contributed by atoms with Crippen LogP contribution >= 0.6 is 24.0 Å². The average Bonchev–Trinajstić information content (AvgIpc) is 3.50. The lowest BCUT2D eigenvalue weighted by atomic mass is 10.1. The molecule has 0 spiro atoms. The third-order valence-electron chi connectivity index (χ3n) is 5.58. The van der Waals surface area contributed by atoms with Gasteiger partial charge in [0.05, 0.1) is 6.10 Å². The Morgan fingerprint density at radius 2 is 1.89 bits per heavy atom. The SMILES string of the molecule is CN(C)C(=O)CN=C(NCC1CCCCO1)NC1CCN(C2CC2)CC1.I. The van der Waals surface area contributed by atoms with E-state index in [4.69, 9.17) is 4.74 Å². The summed E-state index contributed by atoms with van der Waals surface area (Å²) in [5.74, 6) is 0.766. The highest BCUT2D eigenvalue weighted by Crippen LogP contribution is 2.29. The van der Waals surface area contributed by atoms with E-state index in [1.54, 1.807) is 19.0 Å². The Balaban J connectivity index is 0.00000261. The predicted octanol–water partition coefficient (Wildman–Crippen LogP) is 1.42. The summed E-state index contributed by atoms with van der Waals surface area (Å²) in [6.45, 7) is 4.11. The Morgan fingerprint density at radius 1 is 1.15 bits per heavy atom. The normalized spacial score (nSPS) is 24.8. The van der Waals surface area contributed by atoms with Crippen LogP contribution in [0.1, 0.15) is 44.9 Å². The van der Waals surface area contributed by atoms with Crippen LogP contribution in [0.2, 0.25) is 0 Å². The largest absolute Gasteiger partial charge is 0.376 e. The van der Waals surface area contributed by atoms with Gasteiger partial charge in [0.2, 0.25) is 5.91 Å². The number of hydrogen-bond donors (Lipinski definition) is 2. The number of amides is 1. The molecule has 3 rings (SSSR count). The number of carbonyl (C=O) groups is 1. The minimum atomic E-state index is 0. The Kier molecular flexibility index (Phi) is 9.58. The van der Waals surface area contributed by atoms with Crippen molar-refractivity contribution < 1.29 is 9.53 Å². The van der Waals surface area contributed by atoms with Crippen molar-refractivity contribution in [3.05, 3.63) is 0 Å². The highest BCUT2D eigenvalue weighted by molar-refractivity contribution is 14.0. The molecule has 3 fully saturated rings. The molecule has 27 heavy (non-hydrogen) atoms. The minimum Gasteiger partial charge on any atom is -0.376 e. The van der Waals surface area contributed by atoms with Crippen molar-refractivity contribution in [3.8, 4) is 0 Å². The maximum absolute atomic E-state index is 11.9. The molecule has 2 heterocycles. The number of piperidine rings is 1. The second kappa shape index (κ2) is 11.4. The number of likely N-dealkylation sites (N-methyl/N-ethyl adjacent to an activating group) is 1. The smallest absolute Gasteiger partial charge is 0.243 e. The fourth-order valence-electron chi connectivity index (χ4n) is 3.66. The van der Waals surface area contributed by atoms with Gasteiger partial charge in [0, 0.05) is 52.4 Å². The number of likely N-dealkylation sites (tertiary alicyclic amines) is 1. The molecule has 1 amide bonds. The summed E-state index contributed by atoms with van der Waals surface area (Å²) in [6.07, 6.45) is 8.75. The summed E-state index contributed by atoms with van der Waals surface area (Å²) in [5, 5.41) is 6.96. The molecule has 1 saturated carbocycles. The van der Waals surface area contributed by atoms with E-state index >= 15 is 0 Å². The lowest BCUT2D eigenvalue weighted by Crippen LogP contribution is -2.50. The first-order chi connectivity index (χ1) is 12.6. The first-order valence-electron chi connectivity index (χ1n) is 10.2. The zero-order valence-electron chi connectivity index (χ0n) is 16.8. The molecule has 2 saturated heterocycles. The molecule has 1 unspecified atom stereocenters. The van der Waals surface area contributed by atoms with Gasteiger partial charge >= 0.3 is 0 Å². The van der Waals surface area contributed by atoms with Gasteiger partial charge in [-0.05, 0) is 44.9 Å². The third-order valence-corrected chi connectivity index (χ3v) is 5.58. The minimum absolute atomic E-state index is 0. The highest BCUT2D eigenvalue weighted by Gasteiger charge is 2.32. The summed E-state index contributed by atoms with van der Waals surface area (Å²) in [7, 11) is 3.53. The first-order valence-corrected chi connectivity index (χ1v) is 10.2. The molecule has 2 N–H and O–H groups in total. The van der Waals surface area contributed by atoms with Crippen LogP contribution in [0, 0.1) is 0 Å². The number of rotatable bonds is 6. The highest BCUT2D eigenvalue weighted by atomic mass is 127. The van der Waals surface area contributed by atoms with Crippen LogP contribution in [0.4, 0.5) is 0 Å². The van der Waals surface area contributed by atoms with Crippen molar-refractivity contribution >= 4 is 35.8 Å². The Hall–Kier alpha value is -0.610. The maximum atomic E-state index is 11.9. The Labute approximate surface area is 180 Å². The molecular formula is C19H36IN5O2. The number of aliphatic imine (C=N–C) groups is 1. The first kappa shape index (κ1) is 22.7. The fraction of sp³-hybridized carbons (Fsp3) is 0.895. The third kappa shape index (κ3) is 7.73. The van der Waals surface area contributed by atoms with Crippen molar-refractivity contribution in [3.63, 3.8) is 0 Å². The van der Waals surface area contributed by atoms with Gasteiger partial charge in [0.15, 0.2) is 5.96 Å². The molecule has 3 aliphatic rings. The van der Waals surface area contributed by atoms with Gasteiger partial charge < -0.3 is 25.2 Å². The number of nitrogens with one attached hydrogen (secondary N) is 2. The van der Waals surface area contributed by atoms with Crippen LogP contribution in [-0.2, 0) is 9.53 Å². The van der Waals surface area contributed by atoms with E-state index in [9.17, 15) is 4.79 Å². The molecule has 2 aliphatic heterocycles. The summed E-state index contributed by atoms with van der Waals surface area (Å²) in [5.41, 5.74) is 0. The standard InChI is InChI=1S/C19H35N5O2.HI/c1-23(2)18(25)14-21-19(20-13-17-5-3-4-12-26-17)22-15-8-10-24(11-9-15)16-6-7-16;/h15-17H,3-14H2,1-2H3,(H2,20,21,22);1H. The van der Waals surface area contributed by atoms with Crippen molar-refractivity contribution in [2.24, 2.45) is 4.99 Å². The maximum Gasteiger partial charge on any atom is 0.243 e. The van der Waals surface area contributed by atoms with Gasteiger partial charge in [-0.25, -0.2) is 4.99 Å². The number of halogens is 1. The van der Waals surface area contributed by atoms with Crippen LogP contribution < -0.4 is 10.6 Å². The number of carbonyl (C=O) groups excluding carboxylic acids is 1. The molecular weight excluding hydrogens is 457 g/mol. The van der Waals surface area contributed by atoms with Crippen LogP contribution in [0.3, 0.4) is 0 Å².